The van der Waals surface area contributed by atoms with Crippen LogP contribution in [-0.4, -0.2) is 96.2 Å². The van der Waals surface area contributed by atoms with Gasteiger partial charge in [0.05, 0.1) is 29.8 Å². The highest BCUT2D eigenvalue weighted by Gasteiger charge is 2.41. The van der Waals surface area contributed by atoms with Crippen molar-refractivity contribution in [1.29, 1.82) is 0 Å². The van der Waals surface area contributed by atoms with Crippen molar-refractivity contribution >= 4 is 52.3 Å². The Morgan fingerprint density at radius 2 is 1.64 bits per heavy atom. The summed E-state index contributed by atoms with van der Waals surface area (Å²) in [5.74, 6) is -0.424. The molecule has 0 radical (unpaired) electrons. The van der Waals surface area contributed by atoms with E-state index in [-0.39, 0.29) is 17.9 Å². The van der Waals surface area contributed by atoms with Crippen LogP contribution in [0.25, 0.3) is 0 Å². The van der Waals surface area contributed by atoms with Crippen LogP contribution in [-0.2, 0) is 15.1 Å². The van der Waals surface area contributed by atoms with Gasteiger partial charge in [-0.25, -0.2) is 0 Å². The maximum Gasteiger partial charge on any atom is 0.258 e. The number of carbonyl (C=O) groups is 2. The second-order valence-corrected chi connectivity index (χ2v) is 11.9. The van der Waals surface area contributed by atoms with Crippen molar-refractivity contribution in [1.82, 2.24) is 14.7 Å². The van der Waals surface area contributed by atoms with E-state index in [2.05, 4.69) is 10.2 Å². The molecule has 8 nitrogen and oxygen atoms in total. The first-order valence-electron chi connectivity index (χ1n) is 13.3. The summed E-state index contributed by atoms with van der Waals surface area (Å²) in [7, 11) is 0. The molecule has 0 aromatic heterocycles. The third kappa shape index (κ3) is 6.16. The molecule has 3 saturated heterocycles. The van der Waals surface area contributed by atoms with Gasteiger partial charge in [0.1, 0.15) is 0 Å². The van der Waals surface area contributed by atoms with E-state index in [0.29, 0.717) is 71.6 Å². The topological polar surface area (TPSA) is 85.3 Å². The van der Waals surface area contributed by atoms with E-state index in [1.54, 1.807) is 34.1 Å². The third-order valence-corrected chi connectivity index (χ3v) is 8.79. The summed E-state index contributed by atoms with van der Waals surface area (Å²) in [5.41, 5.74) is -0.0219. The lowest BCUT2D eigenvalue weighted by Gasteiger charge is -2.48. The standard InChI is InChI=1S/C28H33Cl3N4O4/c1-28(38,23-14-18(29)2-5-24(23)30)27(37)34-8-6-21(7-9-34)35-16-20(17-35)32-19-3-4-22(25(31)15-19)26(36)33-10-12-39-13-11-33/h2-5,14-15,20-21,32,38H,6-13,16-17H2,1H3/t28-/m0/s1. The quantitative estimate of drug-likeness (QED) is 0.523. The number of anilines is 1. The number of benzene rings is 2. The average Bonchev–Trinajstić information content (AvgIpc) is 2.91. The van der Waals surface area contributed by atoms with Crippen molar-refractivity contribution in [2.45, 2.75) is 37.5 Å². The van der Waals surface area contributed by atoms with E-state index in [1.165, 1.54) is 6.92 Å². The summed E-state index contributed by atoms with van der Waals surface area (Å²) in [4.78, 5) is 31.9. The lowest BCUT2D eigenvalue weighted by atomic mass is 9.92. The summed E-state index contributed by atoms with van der Waals surface area (Å²) in [5, 5.41) is 15.8. The number of nitrogens with zero attached hydrogens (tertiary/aromatic N) is 3. The largest absolute Gasteiger partial charge is 0.380 e. The number of rotatable bonds is 6. The zero-order valence-electron chi connectivity index (χ0n) is 21.8. The van der Waals surface area contributed by atoms with Crippen LogP contribution < -0.4 is 5.32 Å². The number of amides is 2. The number of carbonyl (C=O) groups excluding carboxylic acids is 2. The van der Waals surface area contributed by atoms with Crippen molar-refractivity contribution in [2.24, 2.45) is 0 Å². The zero-order valence-corrected chi connectivity index (χ0v) is 24.1. The van der Waals surface area contributed by atoms with Gasteiger partial charge in [0, 0.05) is 66.6 Å². The smallest absolute Gasteiger partial charge is 0.258 e. The van der Waals surface area contributed by atoms with Crippen molar-refractivity contribution in [3.63, 3.8) is 0 Å². The number of nitrogens with one attached hydrogen (secondary N) is 1. The number of likely N-dealkylation sites (tertiary alicyclic amines) is 2. The first-order chi connectivity index (χ1) is 18.6. The Morgan fingerprint density at radius 1 is 0.949 bits per heavy atom. The molecule has 39 heavy (non-hydrogen) atoms. The van der Waals surface area contributed by atoms with Gasteiger partial charge >= 0.3 is 0 Å². The number of aliphatic hydroxyl groups is 1. The van der Waals surface area contributed by atoms with Gasteiger partial charge in [-0.05, 0) is 56.2 Å². The Bertz CT molecular complexity index is 1220. The van der Waals surface area contributed by atoms with E-state index < -0.39 is 5.60 Å². The summed E-state index contributed by atoms with van der Waals surface area (Å²) in [6.45, 7) is 6.65. The minimum absolute atomic E-state index is 0.0633. The molecule has 2 N–H and O–H groups in total. The average molecular weight is 596 g/mol. The molecule has 2 aromatic rings. The molecule has 3 heterocycles. The molecule has 1 atom stereocenters. The molecule has 0 spiro atoms. The number of morpholine rings is 1. The summed E-state index contributed by atoms with van der Waals surface area (Å²) >= 11 is 18.8. The summed E-state index contributed by atoms with van der Waals surface area (Å²) < 4.78 is 5.33. The highest BCUT2D eigenvalue weighted by Crippen LogP contribution is 2.34. The number of ether oxygens (including phenoxy) is 1. The first-order valence-corrected chi connectivity index (χ1v) is 14.4. The Balaban J connectivity index is 1.09. The van der Waals surface area contributed by atoms with Gasteiger partial charge in [-0.15, -0.1) is 0 Å². The van der Waals surface area contributed by atoms with Crippen LogP contribution in [0.1, 0.15) is 35.7 Å². The van der Waals surface area contributed by atoms with Crippen LogP contribution >= 0.6 is 34.8 Å². The van der Waals surface area contributed by atoms with Crippen molar-refractivity contribution in [3.8, 4) is 0 Å². The summed E-state index contributed by atoms with van der Waals surface area (Å²) in [6, 6.07) is 10.9. The first kappa shape index (κ1) is 28.5. The third-order valence-electron chi connectivity index (χ3n) is 7.92. The van der Waals surface area contributed by atoms with Crippen LogP contribution in [0.3, 0.4) is 0 Å². The molecular weight excluding hydrogens is 563 g/mol. The number of hydrogen-bond donors (Lipinski definition) is 2. The van der Waals surface area contributed by atoms with E-state index in [9.17, 15) is 14.7 Å². The molecule has 3 fully saturated rings. The maximum absolute atomic E-state index is 13.2. The Kier molecular flexibility index (Phi) is 8.62. The Labute approximate surface area is 243 Å². The molecule has 3 aliphatic heterocycles. The van der Waals surface area contributed by atoms with Gasteiger partial charge in [-0.1, -0.05) is 34.8 Å². The fourth-order valence-electron chi connectivity index (χ4n) is 5.58. The number of piperidine rings is 1. The van der Waals surface area contributed by atoms with Gasteiger partial charge in [-0.3, -0.25) is 14.5 Å². The van der Waals surface area contributed by atoms with Gasteiger partial charge in [0.25, 0.3) is 11.8 Å². The van der Waals surface area contributed by atoms with Gasteiger partial charge < -0.3 is 25.0 Å². The molecule has 0 saturated carbocycles. The van der Waals surface area contributed by atoms with Gasteiger partial charge in [-0.2, -0.15) is 0 Å². The molecule has 11 heteroatoms. The van der Waals surface area contributed by atoms with Crippen molar-refractivity contribution < 1.29 is 19.4 Å². The van der Waals surface area contributed by atoms with Gasteiger partial charge in [0.2, 0.25) is 0 Å². The molecule has 0 bridgehead atoms. The highest BCUT2D eigenvalue weighted by atomic mass is 35.5. The SMILES string of the molecule is C[C@@](O)(C(=O)N1CCC(N2CC(Nc3ccc(C(=O)N4CCOCC4)c(Cl)c3)C2)CC1)c1cc(Cl)ccc1Cl. The highest BCUT2D eigenvalue weighted by molar-refractivity contribution is 6.34. The van der Waals surface area contributed by atoms with Crippen molar-refractivity contribution in [3.05, 3.63) is 62.6 Å². The molecule has 210 valence electrons. The lowest BCUT2D eigenvalue weighted by Crippen LogP contribution is -2.61. The van der Waals surface area contributed by atoms with Crippen LogP contribution in [0.4, 0.5) is 5.69 Å². The van der Waals surface area contributed by atoms with Crippen LogP contribution in [0.2, 0.25) is 15.1 Å². The van der Waals surface area contributed by atoms with E-state index in [0.717, 1.165) is 31.6 Å². The second kappa shape index (κ2) is 11.8. The fourth-order valence-corrected chi connectivity index (χ4v) is 6.32. The summed E-state index contributed by atoms with van der Waals surface area (Å²) in [6.07, 6.45) is 1.67. The zero-order chi connectivity index (χ0) is 27.7. The Morgan fingerprint density at radius 3 is 2.31 bits per heavy atom. The fraction of sp³-hybridized carbons (Fsp3) is 0.500. The van der Waals surface area contributed by atoms with Crippen LogP contribution in [0.15, 0.2) is 36.4 Å². The minimum Gasteiger partial charge on any atom is -0.380 e. The predicted molar refractivity (Wildman–Crippen MR) is 153 cm³/mol. The minimum atomic E-state index is -1.75. The Hall–Kier alpha value is -2.07. The second-order valence-electron chi connectivity index (χ2n) is 10.6. The molecule has 0 unspecified atom stereocenters. The molecule has 3 aliphatic rings. The predicted octanol–water partition coefficient (Wildman–Crippen LogP) is 4.11. The molecule has 5 rings (SSSR count). The van der Waals surface area contributed by atoms with Crippen LogP contribution in [0, 0.1) is 0 Å². The van der Waals surface area contributed by atoms with Gasteiger partial charge in [0.15, 0.2) is 5.60 Å². The molecular formula is C28H33Cl3N4O4. The van der Waals surface area contributed by atoms with Crippen molar-refractivity contribution in [2.75, 3.05) is 57.8 Å². The van der Waals surface area contributed by atoms with E-state index >= 15 is 0 Å². The lowest BCUT2D eigenvalue weighted by molar-refractivity contribution is -0.152. The van der Waals surface area contributed by atoms with E-state index in [1.807, 2.05) is 12.1 Å². The molecule has 2 amide bonds. The molecule has 0 aliphatic carbocycles. The number of hydrogen-bond acceptors (Lipinski definition) is 6. The van der Waals surface area contributed by atoms with E-state index in [4.69, 9.17) is 39.5 Å². The van der Waals surface area contributed by atoms with Crippen LogP contribution in [0.5, 0.6) is 0 Å². The number of halogens is 3. The molecule has 2 aromatic carbocycles. The maximum atomic E-state index is 13.2. The monoisotopic (exact) mass is 594 g/mol. The normalized spacial score (nSPS) is 20.8.